The van der Waals surface area contributed by atoms with Gasteiger partial charge in [-0.3, -0.25) is 0 Å². The van der Waals surface area contributed by atoms with E-state index >= 15 is 0 Å². The summed E-state index contributed by atoms with van der Waals surface area (Å²) >= 11 is 0. The molecule has 1 unspecified atom stereocenters. The molecule has 1 aromatic rings. The van der Waals surface area contributed by atoms with Gasteiger partial charge in [0.1, 0.15) is 0 Å². The maximum absolute atomic E-state index is 2.30. The van der Waals surface area contributed by atoms with E-state index in [1.54, 1.807) is 0 Å². The van der Waals surface area contributed by atoms with Gasteiger partial charge in [-0.1, -0.05) is 70.0 Å². The van der Waals surface area contributed by atoms with Crippen molar-refractivity contribution in [1.82, 2.24) is 0 Å². The number of allylic oxidation sites excluding steroid dienone is 1. The molecule has 94 valence electrons. The molecule has 0 saturated carbocycles. The molecular weight excluding hydrogens is 204 g/mol. The minimum atomic E-state index is 0.678. The van der Waals surface area contributed by atoms with E-state index in [-0.39, 0.29) is 0 Å². The minimum Gasteiger partial charge on any atom is -0.0839 e. The average Bonchev–Trinajstić information content (AvgIpc) is 2.38. The fourth-order valence-corrected chi connectivity index (χ4v) is 1.90. The molecule has 0 heterocycles. The lowest BCUT2D eigenvalue weighted by atomic mass is 9.97. The molecule has 0 saturated heterocycles. The lowest BCUT2D eigenvalue weighted by Crippen LogP contribution is -1.90. The van der Waals surface area contributed by atoms with Crippen molar-refractivity contribution in [2.75, 3.05) is 0 Å². The summed E-state index contributed by atoms with van der Waals surface area (Å²) < 4.78 is 0. The van der Waals surface area contributed by atoms with Crippen LogP contribution in [0.5, 0.6) is 0 Å². The summed E-state index contributed by atoms with van der Waals surface area (Å²) in [5, 5.41) is 0. The van der Waals surface area contributed by atoms with E-state index in [1.165, 1.54) is 43.2 Å². The van der Waals surface area contributed by atoms with Crippen molar-refractivity contribution in [1.29, 1.82) is 0 Å². The zero-order valence-electron chi connectivity index (χ0n) is 11.6. The van der Waals surface area contributed by atoms with Crippen molar-refractivity contribution < 1.29 is 0 Å². The molecule has 1 atom stereocenters. The van der Waals surface area contributed by atoms with Gasteiger partial charge in [-0.2, -0.15) is 0 Å². The number of rotatable bonds is 7. The first kappa shape index (κ1) is 14.0. The van der Waals surface area contributed by atoms with E-state index in [0.29, 0.717) is 5.92 Å². The van der Waals surface area contributed by atoms with Crippen LogP contribution in [-0.4, -0.2) is 0 Å². The quantitative estimate of drug-likeness (QED) is 0.520. The Morgan fingerprint density at radius 2 is 1.76 bits per heavy atom. The van der Waals surface area contributed by atoms with E-state index in [9.17, 15) is 0 Å². The first-order valence-electron chi connectivity index (χ1n) is 7.04. The zero-order valence-corrected chi connectivity index (χ0v) is 11.6. The third-order valence-corrected chi connectivity index (χ3v) is 3.40. The molecule has 0 nitrogen and oxygen atoms in total. The van der Waals surface area contributed by atoms with E-state index < -0.39 is 0 Å². The summed E-state index contributed by atoms with van der Waals surface area (Å²) in [6, 6.07) is 9.00. The molecule has 0 aliphatic heterocycles. The Morgan fingerprint density at radius 1 is 1.06 bits per heavy atom. The third kappa shape index (κ3) is 5.21. The molecule has 0 aromatic heterocycles. The molecule has 1 rings (SSSR count). The second-order valence-corrected chi connectivity index (χ2v) is 4.87. The van der Waals surface area contributed by atoms with Crippen molar-refractivity contribution in [2.45, 2.75) is 58.8 Å². The van der Waals surface area contributed by atoms with Crippen molar-refractivity contribution in [3.05, 3.63) is 41.5 Å². The molecule has 0 radical (unpaired) electrons. The Bertz CT molecular complexity index is 318. The molecule has 0 bridgehead atoms. The summed E-state index contributed by atoms with van der Waals surface area (Å²) in [7, 11) is 0. The molecule has 0 heteroatoms. The highest BCUT2D eigenvalue weighted by Crippen LogP contribution is 2.19. The summed E-state index contributed by atoms with van der Waals surface area (Å²) in [5.74, 6) is 0.678. The highest BCUT2D eigenvalue weighted by atomic mass is 14.1. The molecule has 0 amide bonds. The first-order chi connectivity index (χ1) is 8.27. The summed E-state index contributed by atoms with van der Waals surface area (Å²) in [4.78, 5) is 0. The molecule has 0 fully saturated rings. The van der Waals surface area contributed by atoms with Crippen molar-refractivity contribution in [2.24, 2.45) is 0 Å². The minimum absolute atomic E-state index is 0.678. The van der Waals surface area contributed by atoms with Crippen LogP contribution in [0.25, 0.3) is 6.08 Å². The van der Waals surface area contributed by atoms with Gasteiger partial charge in [-0.25, -0.2) is 0 Å². The Labute approximate surface area is 107 Å². The maximum atomic E-state index is 2.30. The van der Waals surface area contributed by atoms with Crippen LogP contribution in [0, 0.1) is 0 Å². The van der Waals surface area contributed by atoms with Gasteiger partial charge in [-0.15, -0.1) is 0 Å². The van der Waals surface area contributed by atoms with E-state index in [1.807, 2.05) is 0 Å². The Balaban J connectivity index is 2.45. The predicted octanol–water partition coefficient (Wildman–Crippen LogP) is 5.79. The summed E-state index contributed by atoms with van der Waals surface area (Å²) in [5.41, 5.74) is 2.78. The van der Waals surface area contributed by atoms with Crippen molar-refractivity contribution in [3.8, 4) is 0 Å². The smallest absolute Gasteiger partial charge is 0.0193 e. The highest BCUT2D eigenvalue weighted by Gasteiger charge is 2.00. The van der Waals surface area contributed by atoms with Crippen LogP contribution in [0.2, 0.25) is 0 Å². The zero-order chi connectivity index (χ0) is 12.5. The summed E-state index contributed by atoms with van der Waals surface area (Å²) in [6.07, 6.45) is 10.9. The van der Waals surface area contributed by atoms with Gasteiger partial charge in [-0.05, 0) is 36.3 Å². The van der Waals surface area contributed by atoms with Gasteiger partial charge in [0.05, 0.1) is 0 Å². The Morgan fingerprint density at radius 3 is 2.35 bits per heavy atom. The maximum Gasteiger partial charge on any atom is -0.0193 e. The van der Waals surface area contributed by atoms with Gasteiger partial charge in [0.15, 0.2) is 0 Å². The second-order valence-electron chi connectivity index (χ2n) is 4.87. The monoisotopic (exact) mass is 230 g/mol. The highest BCUT2D eigenvalue weighted by molar-refractivity contribution is 5.49. The van der Waals surface area contributed by atoms with Gasteiger partial charge in [0.2, 0.25) is 0 Å². The van der Waals surface area contributed by atoms with Crippen LogP contribution in [-0.2, 0) is 0 Å². The van der Waals surface area contributed by atoms with Gasteiger partial charge in [0.25, 0.3) is 0 Å². The molecule has 17 heavy (non-hydrogen) atoms. The molecule has 0 aliphatic rings. The Hall–Kier alpha value is -1.04. The van der Waals surface area contributed by atoms with Gasteiger partial charge < -0.3 is 0 Å². The van der Waals surface area contributed by atoms with Crippen LogP contribution < -0.4 is 0 Å². The lowest BCUT2D eigenvalue weighted by Gasteiger charge is -2.08. The van der Waals surface area contributed by atoms with Crippen LogP contribution in [0.1, 0.15) is 69.9 Å². The molecular formula is C17H26. The normalized spacial score (nSPS) is 13.1. The van der Waals surface area contributed by atoms with E-state index in [0.717, 1.165) is 0 Å². The second kappa shape index (κ2) is 8.11. The van der Waals surface area contributed by atoms with Crippen LogP contribution >= 0.6 is 0 Å². The molecule has 1 aromatic carbocycles. The standard InChI is InChI=1S/C17H26/c1-4-6-7-8-9-10-16-11-13-17(14-12-16)15(3)5-2/h9-15H,4-8H2,1-3H3. The van der Waals surface area contributed by atoms with E-state index in [2.05, 4.69) is 57.2 Å². The Kier molecular flexibility index (Phi) is 6.69. The van der Waals surface area contributed by atoms with Crippen LogP contribution in [0.3, 0.4) is 0 Å². The number of unbranched alkanes of at least 4 members (excludes halogenated alkanes) is 3. The number of hydrogen-bond acceptors (Lipinski definition) is 0. The molecule has 0 aliphatic carbocycles. The van der Waals surface area contributed by atoms with E-state index in [4.69, 9.17) is 0 Å². The van der Waals surface area contributed by atoms with Gasteiger partial charge >= 0.3 is 0 Å². The SMILES string of the molecule is CCCCCC=Cc1ccc(C(C)CC)cc1. The van der Waals surface area contributed by atoms with Crippen molar-refractivity contribution >= 4 is 6.08 Å². The van der Waals surface area contributed by atoms with Crippen LogP contribution in [0.4, 0.5) is 0 Å². The molecule has 0 N–H and O–H groups in total. The number of hydrogen-bond donors (Lipinski definition) is 0. The topological polar surface area (TPSA) is 0 Å². The largest absolute Gasteiger partial charge is 0.0839 e. The predicted molar refractivity (Wildman–Crippen MR) is 78.3 cm³/mol. The fraction of sp³-hybridized carbons (Fsp3) is 0.529. The molecule has 0 spiro atoms. The lowest BCUT2D eigenvalue weighted by molar-refractivity contribution is 0.730. The first-order valence-corrected chi connectivity index (χ1v) is 7.04. The number of benzene rings is 1. The fourth-order valence-electron chi connectivity index (χ4n) is 1.90. The summed E-state index contributed by atoms with van der Waals surface area (Å²) in [6.45, 7) is 6.78. The third-order valence-electron chi connectivity index (χ3n) is 3.40. The van der Waals surface area contributed by atoms with Crippen molar-refractivity contribution in [3.63, 3.8) is 0 Å². The van der Waals surface area contributed by atoms with Crippen LogP contribution in [0.15, 0.2) is 30.3 Å². The van der Waals surface area contributed by atoms with Gasteiger partial charge in [0, 0.05) is 0 Å². The average molecular weight is 230 g/mol.